The number of phenols is 1. The third-order valence-electron chi connectivity index (χ3n) is 2.50. The van der Waals surface area contributed by atoms with Gasteiger partial charge in [-0.1, -0.05) is 6.08 Å². The molecule has 20 heavy (non-hydrogen) atoms. The fraction of sp³-hybridized carbons (Fsp3) is 0.286. The molecular formula is C14H17NO5. The van der Waals surface area contributed by atoms with E-state index in [0.717, 1.165) is 0 Å². The van der Waals surface area contributed by atoms with Gasteiger partial charge < -0.3 is 19.9 Å². The minimum Gasteiger partial charge on any atom is -0.507 e. The number of rotatable bonds is 6. The number of carbonyl (C=O) groups excluding carboxylic acids is 2. The number of methoxy groups -OCH3 is 1. The molecule has 0 spiro atoms. The molecule has 1 amide bonds. The van der Waals surface area contributed by atoms with E-state index in [1.54, 1.807) is 0 Å². The lowest BCUT2D eigenvalue weighted by atomic mass is 10.2. The van der Waals surface area contributed by atoms with Crippen LogP contribution in [-0.2, 0) is 9.53 Å². The van der Waals surface area contributed by atoms with Crippen LogP contribution in [0.1, 0.15) is 17.3 Å². The van der Waals surface area contributed by atoms with Crippen molar-refractivity contribution in [3.63, 3.8) is 0 Å². The fourth-order valence-corrected chi connectivity index (χ4v) is 1.41. The van der Waals surface area contributed by atoms with Gasteiger partial charge in [-0.05, 0) is 19.1 Å². The number of hydrogen-bond acceptors (Lipinski definition) is 5. The maximum atomic E-state index is 11.8. The molecule has 108 valence electrons. The Morgan fingerprint density at radius 1 is 1.50 bits per heavy atom. The Morgan fingerprint density at radius 3 is 2.75 bits per heavy atom. The molecule has 1 atom stereocenters. The van der Waals surface area contributed by atoms with Crippen LogP contribution in [0.25, 0.3) is 0 Å². The average molecular weight is 279 g/mol. The van der Waals surface area contributed by atoms with E-state index in [0.29, 0.717) is 5.75 Å². The van der Waals surface area contributed by atoms with Crippen molar-refractivity contribution in [1.29, 1.82) is 0 Å². The van der Waals surface area contributed by atoms with E-state index in [1.165, 1.54) is 38.3 Å². The normalized spacial score (nSPS) is 11.3. The van der Waals surface area contributed by atoms with Gasteiger partial charge in [-0.25, -0.2) is 4.79 Å². The molecule has 6 heteroatoms. The SMILES string of the molecule is C=CCNC(=O)[C@@H](C)OC(=O)c1ccc(OC)cc1O. The van der Waals surface area contributed by atoms with Crippen LogP contribution in [0.3, 0.4) is 0 Å². The number of amides is 1. The summed E-state index contributed by atoms with van der Waals surface area (Å²) in [5.41, 5.74) is -0.0332. The minimum atomic E-state index is -0.969. The molecule has 0 saturated carbocycles. The van der Waals surface area contributed by atoms with Crippen LogP contribution in [0.15, 0.2) is 30.9 Å². The smallest absolute Gasteiger partial charge is 0.342 e. The minimum absolute atomic E-state index is 0.0332. The zero-order valence-corrected chi connectivity index (χ0v) is 11.4. The lowest BCUT2D eigenvalue weighted by Crippen LogP contribution is -2.35. The molecular weight excluding hydrogens is 262 g/mol. The first-order valence-electron chi connectivity index (χ1n) is 5.96. The predicted octanol–water partition coefficient (Wildman–Crippen LogP) is 1.25. The summed E-state index contributed by atoms with van der Waals surface area (Å²) in [6.45, 7) is 5.19. The summed E-state index contributed by atoms with van der Waals surface area (Å²) < 4.78 is 9.87. The van der Waals surface area contributed by atoms with Gasteiger partial charge in [-0.2, -0.15) is 0 Å². The second kappa shape index (κ2) is 7.18. The largest absolute Gasteiger partial charge is 0.507 e. The summed E-state index contributed by atoms with van der Waals surface area (Å²) in [4.78, 5) is 23.4. The third kappa shape index (κ3) is 4.01. The van der Waals surface area contributed by atoms with Gasteiger partial charge in [-0.15, -0.1) is 6.58 Å². The Hall–Kier alpha value is -2.50. The highest BCUT2D eigenvalue weighted by Crippen LogP contribution is 2.24. The molecule has 0 aromatic heterocycles. The highest BCUT2D eigenvalue weighted by Gasteiger charge is 2.20. The third-order valence-corrected chi connectivity index (χ3v) is 2.50. The molecule has 1 rings (SSSR count). The van der Waals surface area contributed by atoms with Crippen LogP contribution in [0.5, 0.6) is 11.5 Å². The molecule has 0 aliphatic heterocycles. The van der Waals surface area contributed by atoms with Crippen LogP contribution in [-0.4, -0.2) is 36.7 Å². The van der Waals surface area contributed by atoms with Crippen molar-refractivity contribution in [2.45, 2.75) is 13.0 Å². The highest BCUT2D eigenvalue weighted by molar-refractivity contribution is 5.94. The second-order valence-electron chi connectivity index (χ2n) is 3.96. The maximum Gasteiger partial charge on any atom is 0.342 e. The first-order valence-corrected chi connectivity index (χ1v) is 5.96. The van der Waals surface area contributed by atoms with E-state index in [-0.39, 0.29) is 17.9 Å². The molecule has 0 bridgehead atoms. The highest BCUT2D eigenvalue weighted by atomic mass is 16.5. The van der Waals surface area contributed by atoms with E-state index in [1.807, 2.05) is 0 Å². The Morgan fingerprint density at radius 2 is 2.20 bits per heavy atom. The number of carbonyl (C=O) groups is 2. The number of aromatic hydroxyl groups is 1. The van der Waals surface area contributed by atoms with Crippen LogP contribution < -0.4 is 10.1 Å². The van der Waals surface area contributed by atoms with E-state index in [9.17, 15) is 14.7 Å². The van der Waals surface area contributed by atoms with Gasteiger partial charge in [0.2, 0.25) is 0 Å². The van der Waals surface area contributed by atoms with Crippen molar-refractivity contribution in [1.82, 2.24) is 5.32 Å². The Kier molecular flexibility index (Phi) is 5.58. The molecule has 1 aromatic carbocycles. The number of ether oxygens (including phenoxy) is 2. The van der Waals surface area contributed by atoms with Crippen molar-refractivity contribution in [2.24, 2.45) is 0 Å². The van der Waals surface area contributed by atoms with Crippen molar-refractivity contribution >= 4 is 11.9 Å². The first-order chi connectivity index (χ1) is 9.49. The summed E-state index contributed by atoms with van der Waals surface area (Å²) in [5.74, 6) is -1.08. The lowest BCUT2D eigenvalue weighted by molar-refractivity contribution is -0.128. The Labute approximate surface area is 117 Å². The summed E-state index contributed by atoms with van der Waals surface area (Å²) in [6.07, 6.45) is 0.547. The van der Waals surface area contributed by atoms with Crippen molar-refractivity contribution in [3.8, 4) is 11.5 Å². The summed E-state index contributed by atoms with van der Waals surface area (Å²) in [7, 11) is 1.44. The monoisotopic (exact) mass is 279 g/mol. The van der Waals surface area contributed by atoms with Crippen LogP contribution in [0.2, 0.25) is 0 Å². The molecule has 0 saturated heterocycles. The topological polar surface area (TPSA) is 84.9 Å². The molecule has 0 aliphatic rings. The van der Waals surface area contributed by atoms with Gasteiger partial charge in [0.25, 0.3) is 5.91 Å². The van der Waals surface area contributed by atoms with E-state index >= 15 is 0 Å². The van der Waals surface area contributed by atoms with Crippen molar-refractivity contribution in [3.05, 3.63) is 36.4 Å². The number of esters is 1. The maximum absolute atomic E-state index is 11.8. The summed E-state index contributed by atoms with van der Waals surface area (Å²) in [6, 6.07) is 4.17. The van der Waals surface area contributed by atoms with Crippen LogP contribution in [0, 0.1) is 0 Å². The Balaban J connectivity index is 2.71. The van der Waals surface area contributed by atoms with Gasteiger partial charge in [0.1, 0.15) is 17.1 Å². The molecule has 6 nitrogen and oxygen atoms in total. The fourth-order valence-electron chi connectivity index (χ4n) is 1.41. The molecule has 0 radical (unpaired) electrons. The van der Waals surface area contributed by atoms with E-state index in [2.05, 4.69) is 11.9 Å². The standard InChI is InChI=1S/C14H17NO5/c1-4-7-15-13(17)9(2)20-14(18)11-6-5-10(19-3)8-12(11)16/h4-6,8-9,16H,1,7H2,2-3H3,(H,15,17)/t9-/m1/s1. The average Bonchev–Trinajstić information content (AvgIpc) is 2.44. The predicted molar refractivity (Wildman–Crippen MR) is 72.7 cm³/mol. The lowest BCUT2D eigenvalue weighted by Gasteiger charge is -2.13. The first kappa shape index (κ1) is 15.6. The second-order valence-corrected chi connectivity index (χ2v) is 3.96. The van der Waals surface area contributed by atoms with Gasteiger partial charge in [0.05, 0.1) is 7.11 Å². The molecule has 0 fully saturated rings. The Bertz CT molecular complexity index is 512. The summed E-state index contributed by atoms with van der Waals surface area (Å²) >= 11 is 0. The van der Waals surface area contributed by atoms with E-state index in [4.69, 9.17) is 9.47 Å². The quantitative estimate of drug-likeness (QED) is 0.604. The zero-order chi connectivity index (χ0) is 15.1. The van der Waals surface area contributed by atoms with Gasteiger partial charge >= 0.3 is 5.97 Å². The molecule has 0 heterocycles. The van der Waals surface area contributed by atoms with Gasteiger partial charge in [0.15, 0.2) is 6.10 Å². The van der Waals surface area contributed by atoms with Crippen molar-refractivity contribution < 1.29 is 24.2 Å². The zero-order valence-electron chi connectivity index (χ0n) is 11.4. The van der Waals surface area contributed by atoms with Crippen molar-refractivity contribution in [2.75, 3.05) is 13.7 Å². The molecule has 0 unspecified atom stereocenters. The number of hydrogen-bond donors (Lipinski definition) is 2. The molecule has 1 aromatic rings. The number of benzene rings is 1. The number of nitrogens with one attached hydrogen (secondary N) is 1. The van der Waals surface area contributed by atoms with Gasteiger partial charge in [0, 0.05) is 12.6 Å². The summed E-state index contributed by atoms with van der Waals surface area (Å²) in [5, 5.41) is 12.2. The van der Waals surface area contributed by atoms with Crippen LogP contribution in [0.4, 0.5) is 0 Å². The molecule has 2 N–H and O–H groups in total. The van der Waals surface area contributed by atoms with Gasteiger partial charge in [-0.3, -0.25) is 4.79 Å². The van der Waals surface area contributed by atoms with Crippen LogP contribution >= 0.6 is 0 Å². The van der Waals surface area contributed by atoms with E-state index < -0.39 is 18.0 Å². The number of phenolic OH excluding ortho intramolecular Hbond substituents is 1. The molecule has 0 aliphatic carbocycles.